The highest BCUT2D eigenvalue weighted by molar-refractivity contribution is 5.27. The molecule has 0 fully saturated rings. The Hall–Kier alpha value is -0.970. The molecule has 3 nitrogen and oxygen atoms in total. The van der Waals surface area contributed by atoms with Gasteiger partial charge in [-0.1, -0.05) is 18.2 Å². The van der Waals surface area contributed by atoms with Crippen LogP contribution >= 0.6 is 0 Å². The highest BCUT2D eigenvalue weighted by Gasteiger charge is 2.33. The Balaban J connectivity index is 3.05. The number of hydrogen-bond donors (Lipinski definition) is 2. The fourth-order valence-electron chi connectivity index (χ4n) is 1.58. The molecule has 0 amide bonds. The van der Waals surface area contributed by atoms with Crippen molar-refractivity contribution in [1.82, 2.24) is 0 Å². The van der Waals surface area contributed by atoms with Crippen LogP contribution in [0.25, 0.3) is 0 Å². The SMILES string of the molecule is CCOCC(CO)(CO)c1ccccc1F. The van der Waals surface area contributed by atoms with Crippen molar-refractivity contribution in [2.45, 2.75) is 12.3 Å². The fourth-order valence-corrected chi connectivity index (χ4v) is 1.58. The first-order chi connectivity index (χ1) is 7.70. The van der Waals surface area contributed by atoms with E-state index in [1.807, 2.05) is 0 Å². The second-order valence-corrected chi connectivity index (χ2v) is 3.71. The summed E-state index contributed by atoms with van der Waals surface area (Å²) in [5, 5.41) is 18.7. The summed E-state index contributed by atoms with van der Waals surface area (Å²) in [7, 11) is 0. The Bertz CT molecular complexity index is 324. The van der Waals surface area contributed by atoms with Crippen molar-refractivity contribution in [3.8, 4) is 0 Å². The molecular weight excluding hydrogens is 211 g/mol. The third-order valence-electron chi connectivity index (χ3n) is 2.63. The van der Waals surface area contributed by atoms with Gasteiger partial charge in [0.1, 0.15) is 5.82 Å². The molecule has 0 aliphatic rings. The molecule has 1 rings (SSSR count). The van der Waals surface area contributed by atoms with Gasteiger partial charge in [0.05, 0.1) is 25.2 Å². The molecule has 0 atom stereocenters. The predicted molar refractivity (Wildman–Crippen MR) is 58.7 cm³/mol. The molecule has 0 saturated heterocycles. The van der Waals surface area contributed by atoms with E-state index in [1.54, 1.807) is 25.1 Å². The monoisotopic (exact) mass is 228 g/mol. The van der Waals surface area contributed by atoms with E-state index in [1.165, 1.54) is 6.07 Å². The summed E-state index contributed by atoms with van der Waals surface area (Å²) in [6.07, 6.45) is 0. The maximum atomic E-state index is 13.6. The fraction of sp³-hybridized carbons (Fsp3) is 0.500. The van der Waals surface area contributed by atoms with E-state index in [9.17, 15) is 14.6 Å². The van der Waals surface area contributed by atoms with Gasteiger partial charge in [0.2, 0.25) is 0 Å². The number of rotatable bonds is 6. The third-order valence-corrected chi connectivity index (χ3v) is 2.63. The molecule has 0 aliphatic carbocycles. The maximum absolute atomic E-state index is 13.6. The van der Waals surface area contributed by atoms with Gasteiger partial charge in [-0.25, -0.2) is 4.39 Å². The molecule has 0 unspecified atom stereocenters. The molecule has 16 heavy (non-hydrogen) atoms. The second-order valence-electron chi connectivity index (χ2n) is 3.71. The van der Waals surface area contributed by atoms with Crippen LogP contribution in [0.3, 0.4) is 0 Å². The lowest BCUT2D eigenvalue weighted by Crippen LogP contribution is -2.40. The number of ether oxygens (including phenoxy) is 1. The smallest absolute Gasteiger partial charge is 0.127 e. The maximum Gasteiger partial charge on any atom is 0.127 e. The molecule has 0 heterocycles. The summed E-state index contributed by atoms with van der Waals surface area (Å²) in [4.78, 5) is 0. The van der Waals surface area contributed by atoms with Gasteiger partial charge in [-0.05, 0) is 13.0 Å². The highest BCUT2D eigenvalue weighted by atomic mass is 19.1. The average molecular weight is 228 g/mol. The first kappa shape index (κ1) is 13.1. The molecule has 0 aromatic heterocycles. The largest absolute Gasteiger partial charge is 0.395 e. The summed E-state index contributed by atoms with van der Waals surface area (Å²) in [6, 6.07) is 6.10. The molecule has 0 radical (unpaired) electrons. The normalized spacial score (nSPS) is 11.8. The Kier molecular flexibility index (Phi) is 4.86. The van der Waals surface area contributed by atoms with E-state index >= 15 is 0 Å². The van der Waals surface area contributed by atoms with E-state index in [0.29, 0.717) is 6.61 Å². The van der Waals surface area contributed by atoms with Crippen LogP contribution < -0.4 is 0 Å². The predicted octanol–water partition coefficient (Wildman–Crippen LogP) is 1.08. The van der Waals surface area contributed by atoms with Crippen LogP contribution in [-0.2, 0) is 10.2 Å². The molecule has 0 bridgehead atoms. The Morgan fingerprint density at radius 1 is 1.25 bits per heavy atom. The van der Waals surface area contributed by atoms with Gasteiger partial charge in [0.25, 0.3) is 0 Å². The van der Waals surface area contributed by atoms with Crippen molar-refractivity contribution in [1.29, 1.82) is 0 Å². The first-order valence-corrected chi connectivity index (χ1v) is 5.24. The van der Waals surface area contributed by atoms with E-state index in [-0.39, 0.29) is 25.4 Å². The van der Waals surface area contributed by atoms with Crippen LogP contribution in [0.2, 0.25) is 0 Å². The molecule has 90 valence electrons. The summed E-state index contributed by atoms with van der Waals surface area (Å²) in [5.41, 5.74) is -0.782. The molecule has 4 heteroatoms. The molecule has 0 saturated carbocycles. The zero-order chi connectivity index (χ0) is 12.0. The molecule has 1 aromatic rings. The van der Waals surface area contributed by atoms with Gasteiger partial charge in [0.15, 0.2) is 0 Å². The van der Waals surface area contributed by atoms with Crippen molar-refractivity contribution >= 4 is 0 Å². The lowest BCUT2D eigenvalue weighted by molar-refractivity contribution is 0.0230. The Morgan fingerprint density at radius 3 is 2.38 bits per heavy atom. The summed E-state index contributed by atoms with van der Waals surface area (Å²) in [6.45, 7) is 1.64. The van der Waals surface area contributed by atoms with Gasteiger partial charge in [0, 0.05) is 12.2 Å². The standard InChI is InChI=1S/C12H17FO3/c1-2-16-9-12(7-14,8-15)10-5-3-4-6-11(10)13/h3-6,14-15H,2,7-9H2,1H3. The van der Waals surface area contributed by atoms with Gasteiger partial charge in [-0.15, -0.1) is 0 Å². The highest BCUT2D eigenvalue weighted by Crippen LogP contribution is 2.26. The number of aliphatic hydroxyl groups excluding tert-OH is 2. The molecule has 2 N–H and O–H groups in total. The van der Waals surface area contributed by atoms with Gasteiger partial charge < -0.3 is 14.9 Å². The topological polar surface area (TPSA) is 49.7 Å². The van der Waals surface area contributed by atoms with Crippen molar-refractivity contribution in [3.63, 3.8) is 0 Å². The summed E-state index contributed by atoms with van der Waals surface area (Å²) in [5.74, 6) is -0.440. The van der Waals surface area contributed by atoms with Crippen molar-refractivity contribution in [3.05, 3.63) is 35.6 Å². The van der Waals surface area contributed by atoms with Crippen LogP contribution in [0.5, 0.6) is 0 Å². The van der Waals surface area contributed by atoms with Gasteiger partial charge >= 0.3 is 0 Å². The third kappa shape index (κ3) is 2.58. The quantitative estimate of drug-likeness (QED) is 0.766. The minimum Gasteiger partial charge on any atom is -0.395 e. The van der Waals surface area contributed by atoms with E-state index in [0.717, 1.165) is 0 Å². The van der Waals surface area contributed by atoms with Crippen LogP contribution in [0.4, 0.5) is 4.39 Å². The average Bonchev–Trinajstić information content (AvgIpc) is 2.33. The van der Waals surface area contributed by atoms with Crippen LogP contribution in [0, 0.1) is 5.82 Å². The lowest BCUT2D eigenvalue weighted by Gasteiger charge is -2.30. The minimum atomic E-state index is -1.07. The molecule has 1 aromatic carbocycles. The van der Waals surface area contributed by atoms with Crippen molar-refractivity contribution < 1.29 is 19.3 Å². The van der Waals surface area contributed by atoms with E-state index in [2.05, 4.69) is 0 Å². The van der Waals surface area contributed by atoms with Crippen LogP contribution in [0.15, 0.2) is 24.3 Å². The van der Waals surface area contributed by atoms with Crippen molar-refractivity contribution in [2.75, 3.05) is 26.4 Å². The van der Waals surface area contributed by atoms with E-state index < -0.39 is 11.2 Å². The van der Waals surface area contributed by atoms with Crippen LogP contribution in [-0.4, -0.2) is 36.6 Å². The Labute approximate surface area is 94.5 Å². The second kappa shape index (κ2) is 5.94. The molecule has 0 spiro atoms. The minimum absolute atomic E-state index is 0.0947. The number of benzene rings is 1. The molecule has 0 aliphatic heterocycles. The Morgan fingerprint density at radius 2 is 1.88 bits per heavy atom. The zero-order valence-electron chi connectivity index (χ0n) is 9.32. The van der Waals surface area contributed by atoms with E-state index in [4.69, 9.17) is 4.74 Å². The van der Waals surface area contributed by atoms with Crippen molar-refractivity contribution in [2.24, 2.45) is 0 Å². The van der Waals surface area contributed by atoms with Gasteiger partial charge in [-0.3, -0.25) is 0 Å². The summed E-state index contributed by atoms with van der Waals surface area (Å²) < 4.78 is 18.8. The van der Waals surface area contributed by atoms with Crippen LogP contribution in [0.1, 0.15) is 12.5 Å². The number of hydrogen-bond acceptors (Lipinski definition) is 3. The molecular formula is C12H17FO3. The number of halogens is 1. The number of aliphatic hydroxyl groups is 2. The first-order valence-electron chi connectivity index (χ1n) is 5.24. The van der Waals surface area contributed by atoms with Gasteiger partial charge in [-0.2, -0.15) is 0 Å². The summed E-state index contributed by atoms with van der Waals surface area (Å²) >= 11 is 0. The lowest BCUT2D eigenvalue weighted by atomic mass is 9.82. The zero-order valence-corrected chi connectivity index (χ0v) is 9.32.